The molecule has 0 aliphatic heterocycles. The van der Waals surface area contributed by atoms with Gasteiger partial charge in [-0.15, -0.1) is 0 Å². The first-order chi connectivity index (χ1) is 21.1. The average Bonchev–Trinajstić information content (AvgIpc) is 2.96. The number of esters is 2. The Bertz CT molecular complexity index is 750. The van der Waals surface area contributed by atoms with E-state index in [1.807, 2.05) is 21.1 Å². The summed E-state index contributed by atoms with van der Waals surface area (Å²) in [5.74, 6) is -2.31. The van der Waals surface area contributed by atoms with Gasteiger partial charge in [0.2, 0.25) is 0 Å². The Labute approximate surface area is 268 Å². The number of aliphatic carboxylic acids is 1. The second kappa shape index (κ2) is 28.5. The Morgan fingerprint density at radius 1 is 0.659 bits per heavy atom. The Morgan fingerprint density at radius 3 is 1.75 bits per heavy atom. The maximum Gasteiger partial charge on any atom is 0.306 e. The van der Waals surface area contributed by atoms with Crippen molar-refractivity contribution in [1.82, 2.24) is 0 Å². The van der Waals surface area contributed by atoms with E-state index in [9.17, 15) is 19.5 Å². The van der Waals surface area contributed by atoms with Gasteiger partial charge in [-0.2, -0.15) is 0 Å². The number of quaternary nitrogens is 1. The topological polar surface area (TPSA) is 111 Å². The van der Waals surface area contributed by atoms with Gasteiger partial charge < -0.3 is 33.3 Å². The number of ether oxygens (including phenoxy) is 4. The van der Waals surface area contributed by atoms with Gasteiger partial charge in [0.25, 0.3) is 0 Å². The molecule has 0 fully saturated rings. The zero-order chi connectivity index (χ0) is 32.9. The first-order valence-corrected chi connectivity index (χ1v) is 17.3. The Kier molecular flexibility index (Phi) is 27.2. The van der Waals surface area contributed by atoms with Crippen molar-refractivity contribution in [1.29, 1.82) is 0 Å². The van der Waals surface area contributed by atoms with Gasteiger partial charge in [0.15, 0.2) is 12.4 Å². The minimum atomic E-state index is -1.61. The molecule has 0 spiro atoms. The van der Waals surface area contributed by atoms with E-state index in [1.165, 1.54) is 44.9 Å². The highest BCUT2D eigenvalue weighted by molar-refractivity contribution is 5.70. The normalized spacial score (nSPS) is 13.2. The van der Waals surface area contributed by atoms with Crippen molar-refractivity contribution < 1.29 is 42.9 Å². The van der Waals surface area contributed by atoms with Gasteiger partial charge in [0.05, 0.1) is 40.3 Å². The highest BCUT2D eigenvalue weighted by Crippen LogP contribution is 2.12. The zero-order valence-electron chi connectivity index (χ0n) is 28.8. The molecule has 0 radical (unpaired) electrons. The van der Waals surface area contributed by atoms with Crippen LogP contribution < -0.4 is 5.11 Å². The number of rotatable bonds is 31. The summed E-state index contributed by atoms with van der Waals surface area (Å²) < 4.78 is 22.3. The average molecular weight is 628 g/mol. The fraction of sp³-hybridized carbons (Fsp3) is 0.857. The molecule has 258 valence electrons. The lowest BCUT2D eigenvalue weighted by molar-refractivity contribution is -0.870. The van der Waals surface area contributed by atoms with Crippen molar-refractivity contribution in [2.24, 2.45) is 0 Å². The maximum absolute atomic E-state index is 12.6. The second-order valence-electron chi connectivity index (χ2n) is 12.8. The van der Waals surface area contributed by atoms with E-state index in [2.05, 4.69) is 26.0 Å². The van der Waals surface area contributed by atoms with Crippen LogP contribution in [-0.4, -0.2) is 82.3 Å². The molecule has 0 saturated heterocycles. The molecule has 0 amide bonds. The van der Waals surface area contributed by atoms with Gasteiger partial charge in [-0.25, -0.2) is 0 Å². The highest BCUT2D eigenvalue weighted by Gasteiger charge is 2.21. The van der Waals surface area contributed by atoms with Crippen molar-refractivity contribution in [3.05, 3.63) is 12.2 Å². The number of unbranched alkanes of at least 4 members (excludes halogenated alkanes) is 14. The lowest BCUT2D eigenvalue weighted by Crippen LogP contribution is -2.44. The molecule has 0 N–H and O–H groups in total. The van der Waals surface area contributed by atoms with E-state index in [0.717, 1.165) is 57.8 Å². The van der Waals surface area contributed by atoms with Crippen LogP contribution in [0.1, 0.15) is 136 Å². The van der Waals surface area contributed by atoms with Crippen LogP contribution in [0, 0.1) is 0 Å². The molecule has 0 saturated carbocycles. The molecule has 0 aromatic rings. The zero-order valence-corrected chi connectivity index (χ0v) is 28.8. The summed E-state index contributed by atoms with van der Waals surface area (Å²) >= 11 is 0. The number of carbonyl (C=O) groups is 3. The van der Waals surface area contributed by atoms with E-state index in [0.29, 0.717) is 23.9 Å². The molecule has 2 unspecified atom stereocenters. The smallest absolute Gasteiger partial charge is 0.306 e. The van der Waals surface area contributed by atoms with Crippen molar-refractivity contribution in [3.63, 3.8) is 0 Å². The number of nitrogens with zero attached hydrogens (tertiary/aromatic N) is 1. The molecule has 9 heteroatoms. The Hall–Kier alpha value is -1.97. The van der Waals surface area contributed by atoms with Crippen LogP contribution in [0.25, 0.3) is 0 Å². The lowest BCUT2D eigenvalue weighted by atomic mass is 10.1. The largest absolute Gasteiger partial charge is 0.545 e. The van der Waals surface area contributed by atoms with Crippen LogP contribution in [0.5, 0.6) is 0 Å². The third kappa shape index (κ3) is 28.8. The summed E-state index contributed by atoms with van der Waals surface area (Å²) in [4.78, 5) is 36.5. The summed E-state index contributed by atoms with van der Waals surface area (Å²) in [6, 6.07) is 0. The Morgan fingerprint density at radius 2 is 1.18 bits per heavy atom. The third-order valence-corrected chi connectivity index (χ3v) is 7.26. The van der Waals surface area contributed by atoms with Crippen LogP contribution in [-0.2, 0) is 33.3 Å². The molecule has 0 aromatic carbocycles. The predicted octanol–water partition coefficient (Wildman–Crippen LogP) is 6.26. The van der Waals surface area contributed by atoms with Gasteiger partial charge >= 0.3 is 11.9 Å². The number of hydrogen-bond donors (Lipinski definition) is 0. The van der Waals surface area contributed by atoms with E-state index in [4.69, 9.17) is 18.9 Å². The van der Waals surface area contributed by atoms with Gasteiger partial charge in [0, 0.05) is 12.8 Å². The van der Waals surface area contributed by atoms with E-state index >= 15 is 0 Å². The Balaban J connectivity index is 4.62. The summed E-state index contributed by atoms with van der Waals surface area (Å²) in [5, 5.41) is 11.6. The highest BCUT2D eigenvalue weighted by atomic mass is 16.7. The minimum absolute atomic E-state index is 0.148. The van der Waals surface area contributed by atoms with Crippen LogP contribution >= 0.6 is 0 Å². The molecular formula is C35H65NO8. The van der Waals surface area contributed by atoms with E-state index < -0.39 is 24.3 Å². The molecule has 44 heavy (non-hydrogen) atoms. The summed E-state index contributed by atoms with van der Waals surface area (Å²) in [7, 11) is 5.88. The quantitative estimate of drug-likeness (QED) is 0.0291. The van der Waals surface area contributed by atoms with Gasteiger partial charge in [-0.3, -0.25) is 9.59 Å². The second-order valence-corrected chi connectivity index (χ2v) is 12.8. The number of likely N-dealkylation sites (N-methyl/N-ethyl adjacent to an activating group) is 1. The van der Waals surface area contributed by atoms with Gasteiger partial charge in [-0.1, -0.05) is 103 Å². The first-order valence-electron chi connectivity index (χ1n) is 17.3. The minimum Gasteiger partial charge on any atom is -0.545 e. The lowest BCUT2D eigenvalue weighted by Gasteiger charge is -2.26. The molecule has 0 heterocycles. The predicted molar refractivity (Wildman–Crippen MR) is 173 cm³/mol. The monoisotopic (exact) mass is 627 g/mol. The van der Waals surface area contributed by atoms with Crippen LogP contribution in [0.2, 0.25) is 0 Å². The fourth-order valence-electron chi connectivity index (χ4n) is 4.45. The summed E-state index contributed by atoms with van der Waals surface area (Å²) in [6.45, 7) is 4.62. The first kappa shape index (κ1) is 42.0. The molecular weight excluding hydrogens is 562 g/mol. The SMILES string of the molecule is CCCC/C=C\CCCCCCCC(=O)OC(COC(=O)CCCCCCCCCC)COC(OCC[N+](C)(C)C)C(=O)[O-]. The van der Waals surface area contributed by atoms with Gasteiger partial charge in [0.1, 0.15) is 13.2 Å². The van der Waals surface area contributed by atoms with Crippen molar-refractivity contribution in [2.45, 2.75) is 148 Å². The molecule has 0 rings (SSSR count). The molecule has 2 atom stereocenters. The third-order valence-electron chi connectivity index (χ3n) is 7.26. The maximum atomic E-state index is 12.6. The number of carboxylic acid groups (broad SMARTS) is 1. The molecule has 0 aliphatic carbocycles. The molecule has 0 aromatic heterocycles. The summed E-state index contributed by atoms with van der Waals surface area (Å²) in [5.41, 5.74) is 0. The van der Waals surface area contributed by atoms with E-state index in [-0.39, 0.29) is 32.2 Å². The van der Waals surface area contributed by atoms with Crippen molar-refractivity contribution in [2.75, 3.05) is 47.5 Å². The van der Waals surface area contributed by atoms with Crippen LogP contribution in [0.3, 0.4) is 0 Å². The summed E-state index contributed by atoms with van der Waals surface area (Å²) in [6.07, 6.45) is 21.1. The van der Waals surface area contributed by atoms with Crippen molar-refractivity contribution >= 4 is 17.9 Å². The molecule has 0 bridgehead atoms. The fourth-order valence-corrected chi connectivity index (χ4v) is 4.45. The van der Waals surface area contributed by atoms with Crippen LogP contribution in [0.15, 0.2) is 12.2 Å². The number of hydrogen-bond acceptors (Lipinski definition) is 8. The van der Waals surface area contributed by atoms with E-state index in [1.54, 1.807) is 0 Å². The molecule has 0 aliphatic rings. The number of carboxylic acids is 1. The standard InChI is InChI=1S/C35H65NO8/c1-6-8-10-12-14-16-17-18-20-22-24-26-33(38)44-31(30-43-35(34(39)40)41-28-27-36(3,4)5)29-42-32(37)25-23-21-19-15-13-11-9-7-2/h12,14,31,35H,6-11,13,15-30H2,1-5H3/b14-12-. The number of carbonyl (C=O) groups excluding carboxylic acids is 3. The molecule has 9 nitrogen and oxygen atoms in total. The van der Waals surface area contributed by atoms with Crippen molar-refractivity contribution in [3.8, 4) is 0 Å². The number of allylic oxidation sites excluding steroid dienone is 2. The van der Waals surface area contributed by atoms with Gasteiger partial charge in [-0.05, 0) is 32.1 Å². The van der Waals surface area contributed by atoms with Crippen LogP contribution in [0.4, 0.5) is 0 Å².